The van der Waals surface area contributed by atoms with Crippen molar-refractivity contribution >= 4 is 22.2 Å². The van der Waals surface area contributed by atoms with Gasteiger partial charge in [-0.2, -0.15) is 0 Å². The van der Waals surface area contributed by atoms with Crippen molar-refractivity contribution in [3.63, 3.8) is 0 Å². The smallest absolute Gasteiger partial charge is 0.141 e. The summed E-state index contributed by atoms with van der Waals surface area (Å²) >= 11 is 3.53. The highest BCUT2D eigenvalue weighted by atomic mass is 79.9. The number of rotatable bonds is 4. The zero-order valence-corrected chi connectivity index (χ0v) is 14.2. The molecule has 4 heteroatoms. The first-order valence-corrected chi connectivity index (χ1v) is 8.70. The van der Waals surface area contributed by atoms with Crippen LogP contribution in [-0.2, 0) is 11.2 Å². The summed E-state index contributed by atoms with van der Waals surface area (Å²) in [4.78, 5) is 16.5. The van der Waals surface area contributed by atoms with Crippen LogP contribution in [-0.4, -0.2) is 48.3 Å². The second kappa shape index (κ2) is 6.59. The van der Waals surface area contributed by atoms with Gasteiger partial charge in [0.15, 0.2) is 0 Å². The molecule has 21 heavy (non-hydrogen) atoms. The number of carbonyl (C=O) groups is 1. The van der Waals surface area contributed by atoms with E-state index in [1.165, 1.54) is 30.5 Å². The number of halogens is 1. The van der Waals surface area contributed by atoms with Gasteiger partial charge in [-0.1, -0.05) is 22.0 Å². The summed E-state index contributed by atoms with van der Waals surface area (Å²) in [6.07, 6.45) is 4.78. The summed E-state index contributed by atoms with van der Waals surface area (Å²) in [6.45, 7) is 6.57. The molecule has 2 heterocycles. The molecule has 0 aromatic heterocycles. The van der Waals surface area contributed by atoms with Gasteiger partial charge in [0, 0.05) is 30.1 Å². The Morgan fingerprint density at radius 1 is 1.29 bits per heavy atom. The van der Waals surface area contributed by atoms with E-state index in [1.54, 1.807) is 0 Å². The molecule has 3 rings (SSSR count). The topological polar surface area (TPSA) is 23.6 Å². The molecule has 0 amide bonds. The van der Waals surface area contributed by atoms with Gasteiger partial charge in [0.2, 0.25) is 0 Å². The van der Waals surface area contributed by atoms with Gasteiger partial charge < -0.3 is 4.79 Å². The van der Waals surface area contributed by atoms with Crippen molar-refractivity contribution in [2.24, 2.45) is 0 Å². The van der Waals surface area contributed by atoms with Crippen LogP contribution in [0.5, 0.6) is 0 Å². The highest BCUT2D eigenvalue weighted by molar-refractivity contribution is 9.10. The van der Waals surface area contributed by atoms with Crippen LogP contribution in [0.25, 0.3) is 0 Å². The van der Waals surface area contributed by atoms with Crippen LogP contribution in [0.1, 0.15) is 36.9 Å². The van der Waals surface area contributed by atoms with Crippen molar-refractivity contribution in [1.29, 1.82) is 0 Å². The Balaban J connectivity index is 1.70. The summed E-state index contributed by atoms with van der Waals surface area (Å²) in [5.41, 5.74) is 2.50. The molecule has 0 saturated carbocycles. The molecule has 1 saturated heterocycles. The molecule has 1 fully saturated rings. The van der Waals surface area contributed by atoms with Crippen LogP contribution < -0.4 is 0 Å². The van der Waals surface area contributed by atoms with Gasteiger partial charge in [0.1, 0.15) is 6.29 Å². The maximum atomic E-state index is 11.6. The second-order valence-electron chi connectivity index (χ2n) is 6.24. The van der Waals surface area contributed by atoms with E-state index in [0.29, 0.717) is 6.04 Å². The van der Waals surface area contributed by atoms with Crippen molar-refractivity contribution in [2.45, 2.75) is 38.3 Å². The quantitative estimate of drug-likeness (QED) is 0.779. The molecule has 0 aliphatic carbocycles. The van der Waals surface area contributed by atoms with E-state index in [1.807, 2.05) is 0 Å². The average Bonchev–Trinajstić information content (AvgIpc) is 2.89. The molecule has 0 spiro atoms. The van der Waals surface area contributed by atoms with E-state index in [2.05, 4.69) is 50.9 Å². The fourth-order valence-electron chi connectivity index (χ4n) is 3.66. The van der Waals surface area contributed by atoms with Gasteiger partial charge in [-0.3, -0.25) is 9.80 Å². The number of likely N-dealkylation sites (tertiary alicyclic amines) is 1. The number of fused-ring (bicyclic) bond motifs is 1. The van der Waals surface area contributed by atoms with Crippen LogP contribution in [0.2, 0.25) is 0 Å². The third kappa shape index (κ3) is 3.22. The van der Waals surface area contributed by atoms with E-state index in [0.717, 1.165) is 36.8 Å². The molecule has 2 aliphatic rings. The standard InChI is InChI=1S/C17H23BrN2O/c1-13-3-2-7-19(13)9-10-20-8-6-14-4-5-15(18)11-16(14)17(20)12-21/h4-5,11-13,17H,2-3,6-10H2,1H3. The largest absolute Gasteiger partial charge is 0.301 e. The van der Waals surface area contributed by atoms with Crippen molar-refractivity contribution in [1.82, 2.24) is 9.80 Å². The van der Waals surface area contributed by atoms with Crippen LogP contribution in [0.3, 0.4) is 0 Å². The molecule has 0 radical (unpaired) electrons. The number of hydrogen-bond acceptors (Lipinski definition) is 3. The van der Waals surface area contributed by atoms with Crippen LogP contribution in [0.15, 0.2) is 22.7 Å². The van der Waals surface area contributed by atoms with E-state index >= 15 is 0 Å². The summed E-state index contributed by atoms with van der Waals surface area (Å²) in [7, 11) is 0. The Morgan fingerprint density at radius 2 is 2.10 bits per heavy atom. The fraction of sp³-hybridized carbons (Fsp3) is 0.588. The lowest BCUT2D eigenvalue weighted by atomic mass is 9.93. The molecule has 114 valence electrons. The normalized spacial score (nSPS) is 26.8. The van der Waals surface area contributed by atoms with Crippen LogP contribution in [0.4, 0.5) is 0 Å². The number of hydrogen-bond donors (Lipinski definition) is 0. The lowest BCUT2D eigenvalue weighted by Gasteiger charge is -2.35. The van der Waals surface area contributed by atoms with Crippen molar-refractivity contribution in [2.75, 3.05) is 26.2 Å². The SMILES string of the molecule is CC1CCCN1CCN1CCc2ccc(Br)cc2C1C=O. The second-order valence-corrected chi connectivity index (χ2v) is 7.15. The van der Waals surface area contributed by atoms with Crippen molar-refractivity contribution in [3.05, 3.63) is 33.8 Å². The molecule has 1 aromatic carbocycles. The van der Waals surface area contributed by atoms with Gasteiger partial charge in [-0.15, -0.1) is 0 Å². The monoisotopic (exact) mass is 350 g/mol. The number of benzene rings is 1. The maximum Gasteiger partial charge on any atom is 0.141 e. The van der Waals surface area contributed by atoms with Crippen LogP contribution >= 0.6 is 15.9 Å². The zero-order chi connectivity index (χ0) is 14.8. The molecular formula is C17H23BrN2O. The molecular weight excluding hydrogens is 328 g/mol. The summed E-state index contributed by atoms with van der Waals surface area (Å²) in [6, 6.07) is 6.95. The summed E-state index contributed by atoms with van der Waals surface area (Å²) in [5, 5.41) is 0. The Labute approximate surface area is 135 Å². The van der Waals surface area contributed by atoms with Gasteiger partial charge in [-0.05, 0) is 56.0 Å². The third-order valence-corrected chi connectivity index (χ3v) is 5.48. The van der Waals surface area contributed by atoms with Gasteiger partial charge in [0.25, 0.3) is 0 Å². The molecule has 2 atom stereocenters. The van der Waals surface area contributed by atoms with E-state index < -0.39 is 0 Å². The minimum Gasteiger partial charge on any atom is -0.301 e. The molecule has 3 nitrogen and oxygen atoms in total. The number of carbonyl (C=O) groups excluding carboxylic acids is 1. The van der Waals surface area contributed by atoms with Crippen molar-refractivity contribution in [3.8, 4) is 0 Å². The summed E-state index contributed by atoms with van der Waals surface area (Å²) < 4.78 is 1.06. The minimum atomic E-state index is -0.0795. The first kappa shape index (κ1) is 15.2. The Morgan fingerprint density at radius 3 is 2.81 bits per heavy atom. The molecule has 0 bridgehead atoms. The number of nitrogens with zero attached hydrogens (tertiary/aromatic N) is 2. The summed E-state index contributed by atoms with van der Waals surface area (Å²) in [5.74, 6) is 0. The fourth-order valence-corrected chi connectivity index (χ4v) is 4.04. The Kier molecular flexibility index (Phi) is 4.77. The number of aldehydes is 1. The molecule has 2 unspecified atom stereocenters. The van der Waals surface area contributed by atoms with Gasteiger partial charge >= 0.3 is 0 Å². The lowest BCUT2D eigenvalue weighted by molar-refractivity contribution is -0.113. The third-order valence-electron chi connectivity index (χ3n) is 4.98. The Hall–Kier alpha value is -0.710. The zero-order valence-electron chi connectivity index (χ0n) is 12.6. The highest BCUT2D eigenvalue weighted by Gasteiger charge is 2.28. The van der Waals surface area contributed by atoms with Gasteiger partial charge in [0.05, 0.1) is 6.04 Å². The van der Waals surface area contributed by atoms with E-state index in [-0.39, 0.29) is 6.04 Å². The first-order valence-electron chi connectivity index (χ1n) is 7.91. The highest BCUT2D eigenvalue weighted by Crippen LogP contribution is 2.30. The molecule has 1 aromatic rings. The van der Waals surface area contributed by atoms with Crippen LogP contribution in [0, 0.1) is 0 Å². The predicted octanol–water partition coefficient (Wildman–Crippen LogP) is 3.03. The average molecular weight is 351 g/mol. The van der Waals surface area contributed by atoms with Gasteiger partial charge in [-0.25, -0.2) is 0 Å². The lowest BCUT2D eigenvalue weighted by Crippen LogP contribution is -2.42. The molecule has 2 aliphatic heterocycles. The van der Waals surface area contributed by atoms with Crippen molar-refractivity contribution < 1.29 is 4.79 Å². The maximum absolute atomic E-state index is 11.6. The molecule has 0 N–H and O–H groups in total. The first-order chi connectivity index (χ1) is 10.2. The van der Waals surface area contributed by atoms with E-state index in [9.17, 15) is 4.79 Å². The minimum absolute atomic E-state index is 0.0795. The predicted molar refractivity (Wildman–Crippen MR) is 88.5 cm³/mol. The van der Waals surface area contributed by atoms with E-state index in [4.69, 9.17) is 0 Å². The Bertz CT molecular complexity index is 520.